The van der Waals surface area contributed by atoms with Crippen molar-refractivity contribution in [3.8, 4) is 33.6 Å². The van der Waals surface area contributed by atoms with E-state index < -0.39 is 7.25 Å². The Morgan fingerprint density at radius 3 is 1.29 bits per heavy atom. The summed E-state index contributed by atoms with van der Waals surface area (Å²) in [6.45, 7) is 0.776. The third-order valence-corrected chi connectivity index (χ3v) is 5.81. The molecule has 0 radical (unpaired) electrons. The number of halogens is 4. The highest BCUT2D eigenvalue weighted by Gasteiger charge is 2.22. The zero-order chi connectivity index (χ0) is 26.8. The van der Waals surface area contributed by atoms with Crippen molar-refractivity contribution in [3.63, 3.8) is 0 Å². The molecule has 0 fully saturated rings. The van der Waals surface area contributed by atoms with E-state index in [1.54, 1.807) is 0 Å². The molecule has 6 heteroatoms. The van der Waals surface area contributed by atoms with Gasteiger partial charge in [0, 0.05) is 23.3 Å². The first-order valence-electron chi connectivity index (χ1n) is 12.2. The van der Waals surface area contributed by atoms with Gasteiger partial charge in [-0.15, -0.1) is 0 Å². The predicted molar refractivity (Wildman–Crippen MR) is 149 cm³/mol. The average molecular weight is 511 g/mol. The van der Waals surface area contributed by atoms with Gasteiger partial charge in [0.25, 0.3) is 0 Å². The molecule has 5 rings (SSSR count). The molecule has 0 saturated carbocycles. The van der Waals surface area contributed by atoms with E-state index in [4.69, 9.17) is 0 Å². The summed E-state index contributed by atoms with van der Waals surface area (Å²) in [7, 11) is -6.00. The molecule has 1 heterocycles. The van der Waals surface area contributed by atoms with E-state index in [0.29, 0.717) is 0 Å². The number of benzene rings is 4. The largest absolute Gasteiger partial charge is 0.673 e. The molecule has 5 aromatic rings. The summed E-state index contributed by atoms with van der Waals surface area (Å²) in [6.07, 6.45) is 4.44. The molecule has 0 amide bonds. The summed E-state index contributed by atoms with van der Waals surface area (Å²) in [5, 5.41) is 0. The molecule has 1 nitrogen and oxygen atoms in total. The molecule has 0 aliphatic heterocycles. The highest BCUT2D eigenvalue weighted by atomic mass is 19.5. The first-order valence-corrected chi connectivity index (χ1v) is 12.2. The fraction of sp³-hybridized carbons (Fsp3) is 0.0312. The van der Waals surface area contributed by atoms with Crippen LogP contribution < -0.4 is 4.57 Å². The van der Waals surface area contributed by atoms with Gasteiger partial charge in [0.05, 0.1) is 0 Å². The van der Waals surface area contributed by atoms with Crippen LogP contribution in [-0.4, -0.2) is 7.25 Å². The second-order valence-corrected chi connectivity index (χ2v) is 8.53. The normalized spacial score (nSPS) is 11.2. The van der Waals surface area contributed by atoms with E-state index in [2.05, 4.69) is 150 Å². The lowest BCUT2D eigenvalue weighted by atomic mass is 9.99. The lowest BCUT2D eigenvalue weighted by Crippen LogP contribution is -2.38. The van der Waals surface area contributed by atoms with Gasteiger partial charge in [0.2, 0.25) is 11.4 Å². The number of hydrogen-bond acceptors (Lipinski definition) is 0. The lowest BCUT2D eigenvalue weighted by Gasteiger charge is -2.12. The van der Waals surface area contributed by atoms with Crippen LogP contribution in [0.2, 0.25) is 0 Å². The van der Waals surface area contributed by atoms with Crippen LogP contribution in [0.5, 0.6) is 0 Å². The maximum atomic E-state index is 9.75. The molecule has 4 aromatic carbocycles. The third-order valence-electron chi connectivity index (χ3n) is 5.81. The molecule has 38 heavy (non-hydrogen) atoms. The smallest absolute Gasteiger partial charge is 0.418 e. The molecule has 1 aromatic heterocycles. The van der Waals surface area contributed by atoms with E-state index in [-0.39, 0.29) is 0 Å². The van der Waals surface area contributed by atoms with E-state index in [1.165, 1.54) is 39.2 Å². The maximum absolute atomic E-state index is 9.75. The Morgan fingerprint density at radius 2 is 0.868 bits per heavy atom. The van der Waals surface area contributed by atoms with Crippen molar-refractivity contribution in [2.75, 3.05) is 0 Å². The minimum atomic E-state index is -6.00. The summed E-state index contributed by atoms with van der Waals surface area (Å²) in [4.78, 5) is 0. The molecule has 0 aliphatic carbocycles. The summed E-state index contributed by atoms with van der Waals surface area (Å²) in [5.74, 6) is 0. The number of hydrogen-bond donors (Lipinski definition) is 0. The molecule has 0 atom stereocenters. The van der Waals surface area contributed by atoms with Crippen molar-refractivity contribution < 1.29 is 21.8 Å². The zero-order valence-corrected chi connectivity index (χ0v) is 20.6. The number of rotatable bonds is 6. The van der Waals surface area contributed by atoms with Gasteiger partial charge in [-0.3, -0.25) is 0 Å². The van der Waals surface area contributed by atoms with Crippen molar-refractivity contribution in [1.82, 2.24) is 0 Å². The monoisotopic (exact) mass is 511 g/mol. The highest BCUT2D eigenvalue weighted by Crippen LogP contribution is 2.29. The minimum absolute atomic E-state index is 0.776. The Kier molecular flexibility index (Phi) is 8.88. The van der Waals surface area contributed by atoms with E-state index in [1.807, 2.05) is 0 Å². The summed E-state index contributed by atoms with van der Waals surface area (Å²) >= 11 is 0. The molecule has 0 bridgehead atoms. The van der Waals surface area contributed by atoms with Crippen molar-refractivity contribution >= 4 is 13.3 Å². The topological polar surface area (TPSA) is 3.88 Å². The van der Waals surface area contributed by atoms with Crippen molar-refractivity contribution in [2.45, 2.75) is 6.54 Å². The van der Waals surface area contributed by atoms with E-state index in [0.717, 1.165) is 6.54 Å². The lowest BCUT2D eigenvalue weighted by molar-refractivity contribution is -0.665. The summed E-state index contributed by atoms with van der Waals surface area (Å²) in [5.41, 5.74) is 8.47. The molecule has 190 valence electrons. The van der Waals surface area contributed by atoms with E-state index >= 15 is 0 Å². The fourth-order valence-electron chi connectivity index (χ4n) is 4.17. The van der Waals surface area contributed by atoms with Crippen LogP contribution in [0.4, 0.5) is 17.3 Å². The Labute approximate surface area is 220 Å². The third kappa shape index (κ3) is 7.78. The van der Waals surface area contributed by atoms with Crippen LogP contribution in [0.15, 0.2) is 140 Å². The van der Waals surface area contributed by atoms with Crippen molar-refractivity contribution in [2.24, 2.45) is 0 Å². The quantitative estimate of drug-likeness (QED) is 0.122. The van der Waals surface area contributed by atoms with Crippen LogP contribution in [0.25, 0.3) is 39.7 Å². The Bertz CT molecular complexity index is 1390. The second-order valence-electron chi connectivity index (χ2n) is 8.53. The van der Waals surface area contributed by atoms with Crippen molar-refractivity contribution in [3.05, 3.63) is 145 Å². The SMILES string of the molecule is C(=C\c1ccccc1)/C[n+]1c(-c2ccccc2)cc(-c2ccccc2)cc1-c1ccccc1.F[B-](F)(F)F. The van der Waals surface area contributed by atoms with Gasteiger partial charge in [0.1, 0.15) is 0 Å². The van der Waals surface area contributed by atoms with Crippen LogP contribution >= 0.6 is 0 Å². The highest BCUT2D eigenvalue weighted by molar-refractivity contribution is 6.50. The van der Waals surface area contributed by atoms with Gasteiger partial charge in [-0.2, -0.15) is 4.57 Å². The maximum Gasteiger partial charge on any atom is 0.673 e. The van der Waals surface area contributed by atoms with Gasteiger partial charge in [0.15, 0.2) is 6.54 Å². The van der Waals surface area contributed by atoms with Crippen molar-refractivity contribution in [1.29, 1.82) is 0 Å². The molecular weight excluding hydrogens is 485 g/mol. The minimum Gasteiger partial charge on any atom is -0.418 e. The number of allylic oxidation sites excluding steroid dienone is 1. The fourth-order valence-corrected chi connectivity index (χ4v) is 4.17. The standard InChI is InChI=1S/C32H26N.BF4/c1-5-14-26(15-6-1)16-13-23-33-31(28-19-9-3-10-20-28)24-30(27-17-7-2-8-18-27)25-32(33)29-21-11-4-12-22-29;2-1(3,4)5/h1-22,24-25H,23H2;/q+1;-1/b16-13+;. The van der Waals surface area contributed by atoms with Gasteiger partial charge in [-0.1, -0.05) is 103 Å². The Balaban J connectivity index is 0.000000617. The predicted octanol–water partition coefficient (Wildman–Crippen LogP) is 8.99. The second kappa shape index (κ2) is 12.7. The number of nitrogens with zero attached hydrogens (tertiary/aromatic N) is 1. The summed E-state index contributed by atoms with van der Waals surface area (Å²) < 4.78 is 41.4. The molecule has 0 saturated heterocycles. The summed E-state index contributed by atoms with van der Waals surface area (Å²) in [6, 6.07) is 47.1. The van der Waals surface area contributed by atoms with Gasteiger partial charge in [-0.05, 0) is 47.0 Å². The molecule has 0 N–H and O–H groups in total. The van der Waals surface area contributed by atoms with Crippen LogP contribution in [0.3, 0.4) is 0 Å². The number of pyridine rings is 1. The van der Waals surface area contributed by atoms with E-state index in [9.17, 15) is 17.3 Å². The molecule has 0 spiro atoms. The first-order chi connectivity index (χ1) is 18.4. The van der Waals surface area contributed by atoms with Gasteiger partial charge in [-0.25, -0.2) is 0 Å². The molecule has 0 aliphatic rings. The van der Waals surface area contributed by atoms with Gasteiger partial charge >= 0.3 is 7.25 Å². The Morgan fingerprint density at radius 1 is 0.500 bits per heavy atom. The number of aromatic nitrogens is 1. The van der Waals surface area contributed by atoms with Crippen LogP contribution in [0.1, 0.15) is 5.56 Å². The van der Waals surface area contributed by atoms with Gasteiger partial charge < -0.3 is 17.3 Å². The first kappa shape index (κ1) is 26.6. The average Bonchev–Trinajstić information content (AvgIpc) is 2.94. The molecule has 0 unspecified atom stereocenters. The molecular formula is C32H26BF4N. The zero-order valence-electron chi connectivity index (χ0n) is 20.6. The van der Waals surface area contributed by atoms with Crippen LogP contribution in [0, 0.1) is 0 Å². The Hall–Kier alpha value is -4.45. The van der Waals surface area contributed by atoms with Crippen LogP contribution in [-0.2, 0) is 6.54 Å².